The topological polar surface area (TPSA) is 37.3 Å². The molecule has 1 aliphatic carbocycles. The lowest BCUT2D eigenvalue weighted by Crippen LogP contribution is -2.24. The van der Waals surface area contributed by atoms with Crippen molar-refractivity contribution in [3.63, 3.8) is 0 Å². The van der Waals surface area contributed by atoms with Gasteiger partial charge in [0.1, 0.15) is 5.67 Å². The number of carboxylic acids is 1. The summed E-state index contributed by atoms with van der Waals surface area (Å²) in [6.07, 6.45) is 1.58. The smallest absolute Gasteiger partial charge is 0.314 e. The number of carboxylic acid groups (broad SMARTS) is 1. The predicted molar refractivity (Wildman–Crippen MR) is 63.9 cm³/mol. The van der Waals surface area contributed by atoms with Crippen LogP contribution in [0.1, 0.15) is 37.8 Å². The molecule has 1 aliphatic rings. The molecule has 0 atom stereocenters. The molecule has 0 bridgehead atoms. The van der Waals surface area contributed by atoms with Crippen molar-refractivity contribution >= 4 is 5.97 Å². The number of rotatable bonds is 4. The van der Waals surface area contributed by atoms with E-state index in [9.17, 15) is 14.3 Å². The molecule has 2 nitrogen and oxygen atoms in total. The normalized spacial score (nSPS) is 17.8. The Balaban J connectivity index is 2.38. The van der Waals surface area contributed by atoms with Crippen molar-refractivity contribution in [1.82, 2.24) is 0 Å². The molecule has 0 unspecified atom stereocenters. The summed E-state index contributed by atoms with van der Waals surface area (Å²) in [7, 11) is 0. The number of halogens is 1. The largest absolute Gasteiger partial charge is 0.481 e. The Labute approximate surface area is 100 Å². The third-order valence-corrected chi connectivity index (χ3v) is 3.30. The van der Waals surface area contributed by atoms with Crippen molar-refractivity contribution in [2.45, 2.75) is 44.2 Å². The fourth-order valence-corrected chi connectivity index (χ4v) is 2.32. The van der Waals surface area contributed by atoms with E-state index in [4.69, 9.17) is 0 Å². The van der Waals surface area contributed by atoms with Crippen molar-refractivity contribution in [1.29, 1.82) is 0 Å². The lowest BCUT2D eigenvalue weighted by molar-refractivity contribution is -0.140. The van der Waals surface area contributed by atoms with Crippen molar-refractivity contribution in [2.24, 2.45) is 0 Å². The van der Waals surface area contributed by atoms with E-state index in [1.165, 1.54) is 13.8 Å². The van der Waals surface area contributed by atoms with Crippen LogP contribution in [0.25, 0.3) is 0 Å². The Morgan fingerprint density at radius 2 is 2.00 bits per heavy atom. The van der Waals surface area contributed by atoms with Crippen molar-refractivity contribution in [3.05, 3.63) is 35.4 Å². The van der Waals surface area contributed by atoms with Gasteiger partial charge in [-0.25, -0.2) is 4.39 Å². The van der Waals surface area contributed by atoms with Crippen LogP contribution in [0.4, 0.5) is 4.39 Å². The Bertz CT molecular complexity index is 442. The zero-order valence-electron chi connectivity index (χ0n) is 10.2. The molecule has 0 aliphatic heterocycles. The highest BCUT2D eigenvalue weighted by molar-refractivity contribution is 5.85. The summed E-state index contributed by atoms with van der Waals surface area (Å²) in [4.78, 5) is 11.3. The first-order chi connectivity index (χ1) is 7.85. The zero-order valence-corrected chi connectivity index (χ0v) is 10.2. The highest BCUT2D eigenvalue weighted by Gasteiger charge is 2.52. The van der Waals surface area contributed by atoms with Crippen LogP contribution in [0.3, 0.4) is 0 Å². The first-order valence-corrected chi connectivity index (χ1v) is 5.86. The summed E-state index contributed by atoms with van der Waals surface area (Å²) in [6, 6.07) is 7.32. The third-order valence-electron chi connectivity index (χ3n) is 3.30. The van der Waals surface area contributed by atoms with Gasteiger partial charge in [0.25, 0.3) is 0 Å². The zero-order chi connectivity index (χ0) is 12.7. The van der Waals surface area contributed by atoms with Crippen LogP contribution in [-0.4, -0.2) is 16.7 Å². The predicted octanol–water partition coefficient (Wildman–Crippen LogP) is 3.09. The molecule has 92 valence electrons. The summed E-state index contributed by atoms with van der Waals surface area (Å²) in [5.41, 5.74) is -0.454. The number of benzene rings is 1. The lowest BCUT2D eigenvalue weighted by Gasteiger charge is -2.20. The Hall–Kier alpha value is -1.38. The van der Waals surface area contributed by atoms with Crippen LogP contribution in [0.5, 0.6) is 0 Å². The quantitative estimate of drug-likeness (QED) is 0.872. The molecular weight excluding hydrogens is 219 g/mol. The molecule has 1 fully saturated rings. The van der Waals surface area contributed by atoms with Gasteiger partial charge in [0.15, 0.2) is 0 Å². The van der Waals surface area contributed by atoms with Crippen molar-refractivity contribution in [2.75, 3.05) is 0 Å². The molecule has 1 saturated carbocycles. The van der Waals surface area contributed by atoms with Gasteiger partial charge >= 0.3 is 5.97 Å². The van der Waals surface area contributed by atoms with Crippen LogP contribution in [0.2, 0.25) is 0 Å². The van der Waals surface area contributed by atoms with E-state index < -0.39 is 17.1 Å². The van der Waals surface area contributed by atoms with Crippen LogP contribution < -0.4 is 0 Å². The molecule has 0 aromatic heterocycles. The SMILES string of the molecule is CC(C)(F)Cc1ccccc1C1(C(=O)O)CC1. The first-order valence-electron chi connectivity index (χ1n) is 5.86. The highest BCUT2D eigenvalue weighted by atomic mass is 19.1. The molecule has 1 aromatic rings. The maximum atomic E-state index is 13.7. The number of carbonyl (C=O) groups is 1. The van der Waals surface area contributed by atoms with Crippen LogP contribution >= 0.6 is 0 Å². The summed E-state index contributed by atoms with van der Waals surface area (Å²) in [5, 5.41) is 9.29. The maximum absolute atomic E-state index is 13.7. The number of hydrogen-bond donors (Lipinski definition) is 1. The summed E-state index contributed by atoms with van der Waals surface area (Å²) >= 11 is 0. The van der Waals surface area contributed by atoms with Gasteiger partial charge in [0.2, 0.25) is 0 Å². The van der Waals surface area contributed by atoms with Gasteiger partial charge in [0, 0.05) is 6.42 Å². The number of hydrogen-bond acceptors (Lipinski definition) is 1. The summed E-state index contributed by atoms with van der Waals surface area (Å²) in [6.45, 7) is 3.04. The summed E-state index contributed by atoms with van der Waals surface area (Å²) in [5.74, 6) is -0.790. The Kier molecular flexibility index (Phi) is 2.72. The van der Waals surface area contributed by atoms with E-state index in [-0.39, 0.29) is 6.42 Å². The van der Waals surface area contributed by atoms with E-state index >= 15 is 0 Å². The molecule has 2 rings (SSSR count). The van der Waals surface area contributed by atoms with Crippen LogP contribution in [0.15, 0.2) is 24.3 Å². The van der Waals surface area contributed by atoms with Crippen molar-refractivity contribution < 1.29 is 14.3 Å². The molecular formula is C14H17FO2. The maximum Gasteiger partial charge on any atom is 0.314 e. The second kappa shape index (κ2) is 3.83. The van der Waals surface area contributed by atoms with Gasteiger partial charge in [-0.05, 0) is 37.8 Å². The number of aliphatic carboxylic acids is 1. The Morgan fingerprint density at radius 3 is 2.47 bits per heavy atom. The minimum Gasteiger partial charge on any atom is -0.481 e. The van der Waals surface area contributed by atoms with Crippen LogP contribution in [0, 0.1) is 0 Å². The van der Waals surface area contributed by atoms with E-state index in [0.717, 1.165) is 11.1 Å². The molecule has 0 spiro atoms. The standard InChI is InChI=1S/C14H17FO2/c1-13(2,15)9-10-5-3-4-6-11(10)14(7-8-14)12(16)17/h3-6H,7-9H2,1-2H3,(H,16,17). The average Bonchev–Trinajstić information content (AvgIpc) is 2.96. The van der Waals surface area contributed by atoms with E-state index in [1.54, 1.807) is 0 Å². The van der Waals surface area contributed by atoms with Gasteiger partial charge in [-0.3, -0.25) is 4.79 Å². The van der Waals surface area contributed by atoms with Gasteiger partial charge < -0.3 is 5.11 Å². The van der Waals surface area contributed by atoms with E-state index in [1.807, 2.05) is 24.3 Å². The second-order valence-corrected chi connectivity index (χ2v) is 5.44. The van der Waals surface area contributed by atoms with E-state index in [2.05, 4.69) is 0 Å². The fraction of sp³-hybridized carbons (Fsp3) is 0.500. The minimum atomic E-state index is -1.31. The fourth-order valence-electron chi connectivity index (χ4n) is 2.32. The molecule has 0 heterocycles. The van der Waals surface area contributed by atoms with Gasteiger partial charge in [0.05, 0.1) is 5.41 Å². The lowest BCUT2D eigenvalue weighted by atomic mass is 9.87. The molecule has 1 N–H and O–H groups in total. The highest BCUT2D eigenvalue weighted by Crippen LogP contribution is 2.50. The third kappa shape index (κ3) is 2.33. The second-order valence-electron chi connectivity index (χ2n) is 5.44. The summed E-state index contributed by atoms with van der Waals surface area (Å²) < 4.78 is 13.7. The first kappa shape index (κ1) is 12.1. The van der Waals surface area contributed by atoms with E-state index in [0.29, 0.717) is 12.8 Å². The monoisotopic (exact) mass is 236 g/mol. The average molecular weight is 236 g/mol. The van der Waals surface area contributed by atoms with Gasteiger partial charge in [-0.15, -0.1) is 0 Å². The Morgan fingerprint density at radius 1 is 1.41 bits per heavy atom. The van der Waals surface area contributed by atoms with Crippen molar-refractivity contribution in [3.8, 4) is 0 Å². The molecule has 3 heteroatoms. The molecule has 0 radical (unpaired) electrons. The van der Waals surface area contributed by atoms with Gasteiger partial charge in [-0.2, -0.15) is 0 Å². The molecule has 1 aromatic carbocycles. The van der Waals surface area contributed by atoms with Gasteiger partial charge in [-0.1, -0.05) is 24.3 Å². The number of alkyl halides is 1. The molecule has 0 amide bonds. The minimum absolute atomic E-state index is 0.262. The van der Waals surface area contributed by atoms with Crippen LogP contribution in [-0.2, 0) is 16.6 Å². The molecule has 0 saturated heterocycles. The molecule has 17 heavy (non-hydrogen) atoms.